The van der Waals surface area contributed by atoms with Gasteiger partial charge in [0.15, 0.2) is 0 Å². The van der Waals surface area contributed by atoms with E-state index in [1.165, 1.54) is 0 Å². The summed E-state index contributed by atoms with van der Waals surface area (Å²) in [6.45, 7) is 0. The largest absolute Gasteiger partial charge is 0.488 e. The van der Waals surface area contributed by atoms with Gasteiger partial charge in [-0.15, -0.1) is 0 Å². The van der Waals surface area contributed by atoms with E-state index in [0.29, 0.717) is 11.4 Å². The Balaban J connectivity index is 2.39. The van der Waals surface area contributed by atoms with Gasteiger partial charge in [-0.3, -0.25) is 0 Å². The molecule has 1 aliphatic carbocycles. The first-order valence-corrected chi connectivity index (χ1v) is 5.13. The molecule has 1 aromatic rings. The van der Waals surface area contributed by atoms with E-state index in [2.05, 4.69) is 4.98 Å². The summed E-state index contributed by atoms with van der Waals surface area (Å²) in [5.74, 6) is 1.30. The fourth-order valence-electron chi connectivity index (χ4n) is 1.52. The standard InChI is InChI=1S/C10H15BN2O2/c1-13(2)10-6-8(11(14)15)5-9(12-10)7-3-4-7/h5-7,14-15H,3-4H2,1-2H3. The molecule has 0 radical (unpaired) electrons. The highest BCUT2D eigenvalue weighted by molar-refractivity contribution is 6.58. The van der Waals surface area contributed by atoms with Crippen LogP contribution in [0.2, 0.25) is 0 Å². The first-order chi connectivity index (χ1) is 7.08. The molecule has 0 bridgehead atoms. The molecule has 1 aromatic heterocycles. The van der Waals surface area contributed by atoms with E-state index < -0.39 is 7.12 Å². The average molecular weight is 206 g/mol. The van der Waals surface area contributed by atoms with Gasteiger partial charge >= 0.3 is 7.12 Å². The highest BCUT2D eigenvalue weighted by atomic mass is 16.4. The molecule has 1 aliphatic rings. The van der Waals surface area contributed by atoms with Gasteiger partial charge in [0.25, 0.3) is 0 Å². The Kier molecular flexibility index (Phi) is 2.67. The van der Waals surface area contributed by atoms with Crippen molar-refractivity contribution in [1.82, 2.24) is 4.98 Å². The van der Waals surface area contributed by atoms with Gasteiger partial charge in [0.2, 0.25) is 0 Å². The van der Waals surface area contributed by atoms with Gasteiger partial charge in [-0.25, -0.2) is 4.98 Å². The molecule has 2 N–H and O–H groups in total. The van der Waals surface area contributed by atoms with Gasteiger partial charge in [-0.05, 0) is 30.4 Å². The van der Waals surface area contributed by atoms with Crippen LogP contribution in [0.25, 0.3) is 0 Å². The van der Waals surface area contributed by atoms with Crippen LogP contribution in [-0.2, 0) is 0 Å². The normalized spacial score (nSPS) is 15.2. The Bertz CT molecular complexity index is 308. The second kappa shape index (κ2) is 3.83. The molecule has 2 rings (SSSR count). The third-order valence-corrected chi connectivity index (χ3v) is 2.61. The van der Waals surface area contributed by atoms with E-state index in [9.17, 15) is 0 Å². The zero-order valence-electron chi connectivity index (χ0n) is 9.01. The van der Waals surface area contributed by atoms with Crippen LogP contribution in [0.4, 0.5) is 5.82 Å². The Hall–Kier alpha value is -1.07. The summed E-state index contributed by atoms with van der Waals surface area (Å²) in [6, 6.07) is 3.49. The molecule has 1 saturated carbocycles. The summed E-state index contributed by atoms with van der Waals surface area (Å²) in [5.41, 5.74) is 1.50. The van der Waals surface area contributed by atoms with Gasteiger partial charge in [-0.2, -0.15) is 0 Å². The van der Waals surface area contributed by atoms with E-state index >= 15 is 0 Å². The summed E-state index contributed by atoms with van der Waals surface area (Å²) in [7, 11) is 2.38. The van der Waals surface area contributed by atoms with Crippen molar-refractivity contribution in [3.05, 3.63) is 17.8 Å². The number of aromatic nitrogens is 1. The molecule has 4 nitrogen and oxygen atoms in total. The van der Waals surface area contributed by atoms with Crippen LogP contribution in [0.1, 0.15) is 24.5 Å². The van der Waals surface area contributed by atoms with Crippen LogP contribution in [0.3, 0.4) is 0 Å². The zero-order chi connectivity index (χ0) is 11.0. The topological polar surface area (TPSA) is 56.6 Å². The number of hydrogen-bond acceptors (Lipinski definition) is 4. The maximum Gasteiger partial charge on any atom is 0.488 e. The molecule has 0 aromatic carbocycles. The Morgan fingerprint density at radius 1 is 1.33 bits per heavy atom. The lowest BCUT2D eigenvalue weighted by atomic mass is 9.80. The van der Waals surface area contributed by atoms with Gasteiger partial charge in [0.1, 0.15) is 5.82 Å². The van der Waals surface area contributed by atoms with E-state index in [4.69, 9.17) is 10.0 Å². The number of rotatable bonds is 3. The lowest BCUT2D eigenvalue weighted by molar-refractivity contribution is 0.425. The lowest BCUT2D eigenvalue weighted by Crippen LogP contribution is -2.31. The Morgan fingerprint density at radius 3 is 2.47 bits per heavy atom. The molecule has 0 atom stereocenters. The van der Waals surface area contributed by atoms with Crippen molar-refractivity contribution in [2.45, 2.75) is 18.8 Å². The zero-order valence-corrected chi connectivity index (χ0v) is 9.01. The van der Waals surface area contributed by atoms with Crippen LogP contribution in [0.15, 0.2) is 12.1 Å². The summed E-state index contributed by atoms with van der Waals surface area (Å²) in [4.78, 5) is 6.35. The summed E-state index contributed by atoms with van der Waals surface area (Å²) in [5, 5.41) is 18.3. The molecule has 1 fully saturated rings. The van der Waals surface area contributed by atoms with Gasteiger partial charge < -0.3 is 14.9 Å². The predicted octanol–water partition coefficient (Wildman–Crippen LogP) is -0.295. The first kappa shape index (κ1) is 10.5. The minimum atomic E-state index is -1.41. The smallest absolute Gasteiger partial charge is 0.423 e. The van der Waals surface area contributed by atoms with Crippen molar-refractivity contribution in [3.63, 3.8) is 0 Å². The number of hydrogen-bond donors (Lipinski definition) is 2. The van der Waals surface area contributed by atoms with Crippen molar-refractivity contribution in [3.8, 4) is 0 Å². The average Bonchev–Trinajstić information content (AvgIpc) is 3.00. The van der Waals surface area contributed by atoms with Crippen molar-refractivity contribution in [1.29, 1.82) is 0 Å². The fourth-order valence-corrected chi connectivity index (χ4v) is 1.52. The van der Waals surface area contributed by atoms with Gasteiger partial charge in [0, 0.05) is 25.7 Å². The predicted molar refractivity (Wildman–Crippen MR) is 60.4 cm³/mol. The number of nitrogens with zero attached hydrogens (tertiary/aromatic N) is 2. The van der Waals surface area contributed by atoms with Crippen LogP contribution in [-0.4, -0.2) is 36.2 Å². The van der Waals surface area contributed by atoms with Crippen LogP contribution in [0, 0.1) is 0 Å². The summed E-state index contributed by atoms with van der Waals surface area (Å²) >= 11 is 0. The Labute approximate surface area is 89.7 Å². The minimum Gasteiger partial charge on any atom is -0.423 e. The molecular formula is C10H15BN2O2. The summed E-state index contributed by atoms with van der Waals surface area (Å²) < 4.78 is 0. The van der Waals surface area contributed by atoms with Crippen LogP contribution in [0.5, 0.6) is 0 Å². The maximum atomic E-state index is 9.17. The van der Waals surface area contributed by atoms with E-state index in [0.717, 1.165) is 24.4 Å². The van der Waals surface area contributed by atoms with Gasteiger partial charge in [-0.1, -0.05) is 0 Å². The maximum absolute atomic E-state index is 9.17. The molecule has 0 spiro atoms. The quantitative estimate of drug-likeness (QED) is 0.667. The third kappa shape index (κ3) is 2.30. The van der Waals surface area contributed by atoms with Crippen molar-refractivity contribution < 1.29 is 10.0 Å². The molecule has 0 amide bonds. The lowest BCUT2D eigenvalue weighted by Gasteiger charge is -2.14. The van der Waals surface area contributed by atoms with Crippen LogP contribution < -0.4 is 10.4 Å². The van der Waals surface area contributed by atoms with Crippen molar-refractivity contribution in [2.75, 3.05) is 19.0 Å². The van der Waals surface area contributed by atoms with E-state index in [1.807, 2.05) is 19.0 Å². The van der Waals surface area contributed by atoms with Crippen molar-refractivity contribution in [2.24, 2.45) is 0 Å². The third-order valence-electron chi connectivity index (χ3n) is 2.61. The second-order valence-corrected chi connectivity index (χ2v) is 4.23. The van der Waals surface area contributed by atoms with E-state index in [-0.39, 0.29) is 0 Å². The van der Waals surface area contributed by atoms with Crippen LogP contribution >= 0.6 is 0 Å². The summed E-state index contributed by atoms with van der Waals surface area (Å²) in [6.07, 6.45) is 2.32. The highest BCUT2D eigenvalue weighted by Crippen LogP contribution is 2.39. The molecule has 15 heavy (non-hydrogen) atoms. The molecule has 0 aliphatic heterocycles. The highest BCUT2D eigenvalue weighted by Gasteiger charge is 2.27. The van der Waals surface area contributed by atoms with Crippen molar-refractivity contribution >= 4 is 18.4 Å². The molecular weight excluding hydrogens is 191 g/mol. The monoisotopic (exact) mass is 206 g/mol. The first-order valence-electron chi connectivity index (χ1n) is 5.13. The molecule has 1 heterocycles. The molecule has 0 saturated heterocycles. The SMILES string of the molecule is CN(C)c1cc(B(O)O)cc(C2CC2)n1. The molecule has 5 heteroatoms. The fraction of sp³-hybridized carbons (Fsp3) is 0.500. The number of anilines is 1. The minimum absolute atomic E-state index is 0.516. The van der Waals surface area contributed by atoms with E-state index in [1.54, 1.807) is 12.1 Å². The number of pyridine rings is 1. The van der Waals surface area contributed by atoms with Gasteiger partial charge in [0.05, 0.1) is 0 Å². The molecule has 0 unspecified atom stereocenters. The Morgan fingerprint density at radius 2 is 2.00 bits per heavy atom. The molecule has 80 valence electrons. The second-order valence-electron chi connectivity index (χ2n) is 4.23.